The lowest BCUT2D eigenvalue weighted by Gasteiger charge is -2.13. The molecule has 4 N–H and O–H groups in total. The minimum atomic E-state index is -0.659. The molecule has 0 aliphatic heterocycles. The van der Waals surface area contributed by atoms with Crippen LogP contribution in [0.25, 0.3) is 0 Å². The van der Waals surface area contributed by atoms with Crippen LogP contribution in [0.1, 0.15) is 5.69 Å². The molecule has 0 amide bonds. The topological polar surface area (TPSA) is 74.9 Å². The van der Waals surface area contributed by atoms with E-state index in [1.807, 2.05) is 0 Å². The molecule has 4 nitrogen and oxygen atoms in total. The van der Waals surface area contributed by atoms with Crippen molar-refractivity contribution in [2.45, 2.75) is 18.6 Å². The molecule has 0 fully saturated rings. The lowest BCUT2D eigenvalue weighted by Crippen LogP contribution is -2.35. The van der Waals surface area contributed by atoms with Crippen molar-refractivity contribution in [1.29, 1.82) is 0 Å². The third kappa shape index (κ3) is 2.18. The first kappa shape index (κ1) is 8.96. The molecule has 0 bridgehead atoms. The minimum Gasteiger partial charge on any atom is -0.387 e. The maximum atomic E-state index is 9.25. The van der Waals surface area contributed by atoms with Crippen molar-refractivity contribution in [1.82, 2.24) is 9.97 Å². The number of H-pyrrole nitrogens is 1. The second kappa shape index (κ2) is 4.04. The Balaban J connectivity index is 2.46. The Morgan fingerprint density at radius 2 is 2.58 bits per heavy atom. The molecule has 0 radical (unpaired) electrons. The van der Waals surface area contributed by atoms with Gasteiger partial charge in [-0.05, 0) is 0 Å². The maximum Gasteiger partial charge on any atom is 0.0921 e. The number of nitrogens with one attached hydrogen (secondary N) is 1. The van der Waals surface area contributed by atoms with Gasteiger partial charge in [-0.3, -0.25) is 0 Å². The normalized spacial score (nSPS) is 15.5. The van der Waals surface area contributed by atoms with Crippen LogP contribution in [0, 0.1) is 0 Å². The molecule has 1 aromatic heterocycles. The average Bonchev–Trinajstić information content (AvgIpc) is 2.55. The monoisotopic (exact) mass is 167 g/mol. The lowest BCUT2D eigenvalue weighted by molar-refractivity contribution is 0.190. The SMILES string of the molecule is C=CC(O)C(N)Cc1cnc[nH]1. The second-order valence-corrected chi connectivity index (χ2v) is 2.67. The molecule has 0 aliphatic rings. The number of aromatic amines is 1. The highest BCUT2D eigenvalue weighted by Gasteiger charge is 2.11. The molecule has 1 aromatic rings. The highest BCUT2D eigenvalue weighted by molar-refractivity contribution is 5.00. The number of hydrogen-bond acceptors (Lipinski definition) is 3. The standard InChI is InChI=1S/C8H13N3O/c1-2-8(12)7(9)3-6-4-10-5-11-6/h2,4-5,7-8,12H,1,3,9H2,(H,10,11). The molecule has 2 atom stereocenters. The van der Waals surface area contributed by atoms with Gasteiger partial charge in [0.2, 0.25) is 0 Å². The van der Waals surface area contributed by atoms with Crippen LogP contribution < -0.4 is 5.73 Å². The fourth-order valence-electron chi connectivity index (χ4n) is 0.946. The van der Waals surface area contributed by atoms with Gasteiger partial charge in [0, 0.05) is 24.4 Å². The molecule has 0 saturated carbocycles. The number of nitrogens with zero attached hydrogens (tertiary/aromatic N) is 1. The first-order valence-electron chi connectivity index (χ1n) is 3.77. The molecule has 1 heterocycles. The number of aliphatic hydroxyl groups is 1. The summed E-state index contributed by atoms with van der Waals surface area (Å²) in [6.45, 7) is 3.46. The highest BCUT2D eigenvalue weighted by Crippen LogP contribution is 2.00. The third-order valence-corrected chi connectivity index (χ3v) is 1.69. The predicted molar refractivity (Wildman–Crippen MR) is 46.5 cm³/mol. The van der Waals surface area contributed by atoms with Crippen molar-refractivity contribution in [3.8, 4) is 0 Å². The van der Waals surface area contributed by atoms with E-state index in [9.17, 15) is 5.11 Å². The smallest absolute Gasteiger partial charge is 0.0921 e. The van der Waals surface area contributed by atoms with E-state index in [0.29, 0.717) is 6.42 Å². The summed E-state index contributed by atoms with van der Waals surface area (Å²) in [7, 11) is 0. The van der Waals surface area contributed by atoms with Gasteiger partial charge < -0.3 is 15.8 Å². The number of aliphatic hydroxyl groups excluding tert-OH is 1. The van der Waals surface area contributed by atoms with Gasteiger partial charge in [-0.2, -0.15) is 0 Å². The van der Waals surface area contributed by atoms with E-state index in [1.165, 1.54) is 6.08 Å². The van der Waals surface area contributed by atoms with Gasteiger partial charge in [0.25, 0.3) is 0 Å². The van der Waals surface area contributed by atoms with Gasteiger partial charge in [0.05, 0.1) is 12.4 Å². The molecular formula is C8H13N3O. The average molecular weight is 167 g/mol. The summed E-state index contributed by atoms with van der Waals surface area (Å²) in [4.78, 5) is 6.75. The maximum absolute atomic E-state index is 9.25. The summed E-state index contributed by atoms with van der Waals surface area (Å²) in [6, 6.07) is -0.317. The van der Waals surface area contributed by atoms with Crippen molar-refractivity contribution in [2.75, 3.05) is 0 Å². The molecule has 0 aliphatic carbocycles. The Bertz CT molecular complexity index is 232. The number of hydrogen-bond donors (Lipinski definition) is 3. The van der Waals surface area contributed by atoms with Crippen LogP contribution >= 0.6 is 0 Å². The van der Waals surface area contributed by atoms with Crippen LogP contribution in [-0.2, 0) is 6.42 Å². The molecule has 0 spiro atoms. The summed E-state index contributed by atoms with van der Waals surface area (Å²) in [5, 5.41) is 9.25. The van der Waals surface area contributed by atoms with Crippen molar-refractivity contribution >= 4 is 0 Å². The van der Waals surface area contributed by atoms with Crippen LogP contribution in [0.3, 0.4) is 0 Å². The Labute approximate surface area is 71.1 Å². The van der Waals surface area contributed by atoms with Crippen LogP contribution in [0.15, 0.2) is 25.2 Å². The number of imidazole rings is 1. The van der Waals surface area contributed by atoms with Crippen molar-refractivity contribution in [2.24, 2.45) is 5.73 Å². The molecule has 1 rings (SSSR count). The third-order valence-electron chi connectivity index (χ3n) is 1.69. The van der Waals surface area contributed by atoms with Gasteiger partial charge in [-0.25, -0.2) is 4.98 Å². The molecule has 0 saturated heterocycles. The fourth-order valence-corrected chi connectivity index (χ4v) is 0.946. The zero-order valence-corrected chi connectivity index (χ0v) is 6.77. The molecular weight excluding hydrogens is 154 g/mol. The van der Waals surface area contributed by atoms with Gasteiger partial charge in [0.15, 0.2) is 0 Å². The Hall–Kier alpha value is -1.13. The zero-order chi connectivity index (χ0) is 8.97. The first-order chi connectivity index (χ1) is 5.74. The van der Waals surface area contributed by atoms with E-state index in [4.69, 9.17) is 5.73 Å². The molecule has 2 unspecified atom stereocenters. The van der Waals surface area contributed by atoms with Crippen LogP contribution in [0.4, 0.5) is 0 Å². The summed E-state index contributed by atoms with van der Waals surface area (Å²) in [6.07, 6.45) is 4.62. The van der Waals surface area contributed by atoms with Crippen LogP contribution in [0.2, 0.25) is 0 Å². The second-order valence-electron chi connectivity index (χ2n) is 2.67. The van der Waals surface area contributed by atoms with Crippen molar-refractivity contribution < 1.29 is 5.11 Å². The quantitative estimate of drug-likeness (QED) is 0.545. The van der Waals surface area contributed by atoms with Gasteiger partial charge in [-0.1, -0.05) is 6.08 Å². The summed E-state index contributed by atoms with van der Waals surface area (Å²) < 4.78 is 0. The Morgan fingerprint density at radius 3 is 3.08 bits per heavy atom. The summed E-state index contributed by atoms with van der Waals surface area (Å²) in [5.74, 6) is 0. The van der Waals surface area contributed by atoms with Gasteiger partial charge >= 0.3 is 0 Å². The molecule has 12 heavy (non-hydrogen) atoms. The Kier molecular flexibility index (Phi) is 3.01. The molecule has 0 aromatic carbocycles. The van der Waals surface area contributed by atoms with E-state index in [1.54, 1.807) is 12.5 Å². The fraction of sp³-hybridized carbons (Fsp3) is 0.375. The highest BCUT2D eigenvalue weighted by atomic mass is 16.3. The van der Waals surface area contributed by atoms with Gasteiger partial charge in [0.1, 0.15) is 0 Å². The summed E-state index contributed by atoms with van der Waals surface area (Å²) >= 11 is 0. The van der Waals surface area contributed by atoms with E-state index >= 15 is 0 Å². The number of nitrogens with two attached hydrogens (primary N) is 1. The Morgan fingerprint density at radius 1 is 1.83 bits per heavy atom. The van der Waals surface area contributed by atoms with E-state index in [-0.39, 0.29) is 6.04 Å². The first-order valence-corrected chi connectivity index (χ1v) is 3.77. The number of aromatic nitrogens is 2. The lowest BCUT2D eigenvalue weighted by atomic mass is 10.1. The van der Waals surface area contributed by atoms with Gasteiger partial charge in [-0.15, -0.1) is 6.58 Å². The zero-order valence-electron chi connectivity index (χ0n) is 6.77. The summed E-state index contributed by atoms with van der Waals surface area (Å²) in [5.41, 5.74) is 6.57. The predicted octanol–water partition coefficient (Wildman–Crippen LogP) is -0.174. The van der Waals surface area contributed by atoms with E-state index in [2.05, 4.69) is 16.5 Å². The van der Waals surface area contributed by atoms with E-state index < -0.39 is 6.10 Å². The van der Waals surface area contributed by atoms with Crippen LogP contribution in [-0.4, -0.2) is 27.2 Å². The number of rotatable bonds is 4. The minimum absolute atomic E-state index is 0.317. The van der Waals surface area contributed by atoms with E-state index in [0.717, 1.165) is 5.69 Å². The largest absolute Gasteiger partial charge is 0.387 e. The molecule has 4 heteroatoms. The molecule has 66 valence electrons. The van der Waals surface area contributed by atoms with Crippen molar-refractivity contribution in [3.05, 3.63) is 30.9 Å². The van der Waals surface area contributed by atoms with Crippen molar-refractivity contribution in [3.63, 3.8) is 0 Å². The van der Waals surface area contributed by atoms with Crippen LogP contribution in [0.5, 0.6) is 0 Å².